The van der Waals surface area contributed by atoms with E-state index in [2.05, 4.69) is 51.2 Å². The number of nitrogens with one attached hydrogen (secondary N) is 1. The van der Waals surface area contributed by atoms with Crippen molar-refractivity contribution in [3.05, 3.63) is 34.9 Å². The van der Waals surface area contributed by atoms with E-state index in [0.29, 0.717) is 0 Å². The molecule has 1 fully saturated rings. The molecular weight excluding hydrogens is 206 g/mol. The summed E-state index contributed by atoms with van der Waals surface area (Å²) in [6.07, 6.45) is 2.57. The first-order valence-electron chi connectivity index (χ1n) is 6.79. The molecule has 0 unspecified atom stereocenters. The van der Waals surface area contributed by atoms with Gasteiger partial charge in [-0.15, -0.1) is 0 Å². The predicted molar refractivity (Wildman–Crippen MR) is 74.7 cm³/mol. The van der Waals surface area contributed by atoms with Crippen LogP contribution in [0.15, 0.2) is 18.2 Å². The number of rotatable bonds is 1. The molecule has 0 saturated carbocycles. The van der Waals surface area contributed by atoms with Crippen molar-refractivity contribution >= 4 is 0 Å². The van der Waals surface area contributed by atoms with Crippen LogP contribution in [0.3, 0.4) is 0 Å². The van der Waals surface area contributed by atoms with Crippen molar-refractivity contribution in [2.24, 2.45) is 0 Å². The van der Waals surface area contributed by atoms with Gasteiger partial charge in [0.05, 0.1) is 0 Å². The third kappa shape index (κ3) is 3.10. The van der Waals surface area contributed by atoms with Crippen molar-refractivity contribution in [3.63, 3.8) is 0 Å². The number of benzene rings is 1. The number of hydrogen-bond acceptors (Lipinski definition) is 1. The van der Waals surface area contributed by atoms with Gasteiger partial charge in [-0.1, -0.05) is 44.5 Å². The van der Waals surface area contributed by atoms with E-state index in [1.54, 1.807) is 5.56 Å². The van der Waals surface area contributed by atoms with Crippen LogP contribution >= 0.6 is 0 Å². The molecular formula is C16H25N. The molecule has 1 heterocycles. The van der Waals surface area contributed by atoms with Crippen LogP contribution in [0, 0.1) is 6.92 Å². The summed E-state index contributed by atoms with van der Waals surface area (Å²) in [5.41, 5.74) is 4.70. The highest BCUT2D eigenvalue weighted by Crippen LogP contribution is 2.31. The molecule has 1 saturated heterocycles. The highest BCUT2D eigenvalue weighted by Gasteiger charge is 2.19. The van der Waals surface area contributed by atoms with Crippen LogP contribution in [0.1, 0.15) is 56.2 Å². The molecule has 0 aromatic heterocycles. The minimum atomic E-state index is 0.258. The van der Waals surface area contributed by atoms with Crippen molar-refractivity contribution < 1.29 is 0 Å². The van der Waals surface area contributed by atoms with Crippen molar-refractivity contribution in [1.29, 1.82) is 0 Å². The standard InChI is InChI=1S/C16H25N/c1-12-9-14(13-5-7-17-8-6-13)11-15(10-12)16(2,3)4/h9-11,13,17H,5-8H2,1-4H3. The quantitative estimate of drug-likeness (QED) is 0.776. The van der Waals surface area contributed by atoms with Crippen LogP contribution in [-0.2, 0) is 5.41 Å². The first-order valence-corrected chi connectivity index (χ1v) is 6.79. The van der Waals surface area contributed by atoms with Crippen molar-refractivity contribution in [3.8, 4) is 0 Å². The average molecular weight is 231 g/mol. The first kappa shape index (κ1) is 12.6. The van der Waals surface area contributed by atoms with Crippen LogP contribution in [0.4, 0.5) is 0 Å². The van der Waals surface area contributed by atoms with Gasteiger partial charge in [0.2, 0.25) is 0 Å². The fraction of sp³-hybridized carbons (Fsp3) is 0.625. The minimum Gasteiger partial charge on any atom is -0.317 e. The molecule has 1 heteroatoms. The SMILES string of the molecule is Cc1cc(C2CCNCC2)cc(C(C)(C)C)c1. The van der Waals surface area contributed by atoms with E-state index in [4.69, 9.17) is 0 Å². The van der Waals surface area contributed by atoms with Gasteiger partial charge in [-0.3, -0.25) is 0 Å². The second kappa shape index (κ2) is 4.81. The number of piperidine rings is 1. The van der Waals surface area contributed by atoms with Gasteiger partial charge in [-0.2, -0.15) is 0 Å². The van der Waals surface area contributed by atoms with Gasteiger partial charge < -0.3 is 5.32 Å². The van der Waals surface area contributed by atoms with Crippen molar-refractivity contribution in [2.45, 2.75) is 51.9 Å². The summed E-state index contributed by atoms with van der Waals surface area (Å²) in [5, 5.41) is 3.44. The van der Waals surface area contributed by atoms with Crippen LogP contribution in [0.25, 0.3) is 0 Å². The van der Waals surface area contributed by atoms with E-state index in [1.165, 1.54) is 37.1 Å². The largest absolute Gasteiger partial charge is 0.317 e. The molecule has 17 heavy (non-hydrogen) atoms. The Balaban J connectivity index is 2.31. The molecule has 94 valence electrons. The molecule has 1 nitrogen and oxygen atoms in total. The molecule has 0 atom stereocenters. The Labute approximate surface area is 106 Å². The maximum absolute atomic E-state index is 3.44. The minimum absolute atomic E-state index is 0.258. The van der Waals surface area contributed by atoms with Gasteiger partial charge in [0, 0.05) is 0 Å². The summed E-state index contributed by atoms with van der Waals surface area (Å²) < 4.78 is 0. The Morgan fingerprint density at radius 3 is 2.29 bits per heavy atom. The van der Waals surface area contributed by atoms with Gasteiger partial charge >= 0.3 is 0 Å². The molecule has 0 aliphatic carbocycles. The molecule has 1 aliphatic heterocycles. The Hall–Kier alpha value is -0.820. The van der Waals surface area contributed by atoms with E-state index in [-0.39, 0.29) is 5.41 Å². The van der Waals surface area contributed by atoms with Gasteiger partial charge in [0.15, 0.2) is 0 Å². The zero-order chi connectivity index (χ0) is 12.5. The smallest absolute Gasteiger partial charge is 0.00431 e. The van der Waals surface area contributed by atoms with Gasteiger partial charge in [-0.05, 0) is 55.3 Å². The molecule has 2 rings (SSSR count). The molecule has 1 aromatic rings. The van der Waals surface area contributed by atoms with Crippen molar-refractivity contribution in [1.82, 2.24) is 5.32 Å². The zero-order valence-electron chi connectivity index (χ0n) is 11.6. The Kier molecular flexibility index (Phi) is 3.58. The second-order valence-corrected chi connectivity index (χ2v) is 6.41. The van der Waals surface area contributed by atoms with E-state index in [0.717, 1.165) is 5.92 Å². The summed E-state index contributed by atoms with van der Waals surface area (Å²) in [6, 6.07) is 7.15. The highest BCUT2D eigenvalue weighted by atomic mass is 14.9. The summed E-state index contributed by atoms with van der Waals surface area (Å²) >= 11 is 0. The highest BCUT2D eigenvalue weighted by molar-refractivity contribution is 5.35. The van der Waals surface area contributed by atoms with Gasteiger partial charge in [-0.25, -0.2) is 0 Å². The topological polar surface area (TPSA) is 12.0 Å². The fourth-order valence-electron chi connectivity index (χ4n) is 2.64. The lowest BCUT2D eigenvalue weighted by atomic mass is 9.81. The van der Waals surface area contributed by atoms with Crippen LogP contribution in [0.5, 0.6) is 0 Å². The molecule has 1 aliphatic rings. The third-order valence-electron chi connectivity index (χ3n) is 3.78. The maximum Gasteiger partial charge on any atom is -0.00431 e. The molecule has 0 bridgehead atoms. The van der Waals surface area contributed by atoms with Crippen LogP contribution < -0.4 is 5.32 Å². The van der Waals surface area contributed by atoms with E-state index >= 15 is 0 Å². The van der Waals surface area contributed by atoms with E-state index in [9.17, 15) is 0 Å². The molecule has 0 radical (unpaired) electrons. The average Bonchev–Trinajstić information content (AvgIpc) is 2.28. The first-order chi connectivity index (χ1) is 7.97. The Morgan fingerprint density at radius 2 is 1.71 bits per heavy atom. The summed E-state index contributed by atoms with van der Waals surface area (Å²) in [5.74, 6) is 0.761. The monoisotopic (exact) mass is 231 g/mol. The second-order valence-electron chi connectivity index (χ2n) is 6.41. The zero-order valence-corrected chi connectivity index (χ0v) is 11.6. The lowest BCUT2D eigenvalue weighted by Crippen LogP contribution is -2.26. The van der Waals surface area contributed by atoms with Crippen molar-refractivity contribution in [2.75, 3.05) is 13.1 Å². The fourth-order valence-corrected chi connectivity index (χ4v) is 2.64. The third-order valence-corrected chi connectivity index (χ3v) is 3.78. The maximum atomic E-state index is 3.44. The van der Waals surface area contributed by atoms with Crippen LogP contribution in [-0.4, -0.2) is 13.1 Å². The Morgan fingerprint density at radius 1 is 1.06 bits per heavy atom. The summed E-state index contributed by atoms with van der Waals surface area (Å²) in [7, 11) is 0. The van der Waals surface area contributed by atoms with Gasteiger partial charge in [0.25, 0.3) is 0 Å². The lowest BCUT2D eigenvalue weighted by molar-refractivity contribution is 0.459. The number of hydrogen-bond donors (Lipinski definition) is 1. The predicted octanol–water partition coefficient (Wildman–Crippen LogP) is 3.76. The van der Waals surface area contributed by atoms with Gasteiger partial charge in [0.1, 0.15) is 0 Å². The lowest BCUT2D eigenvalue weighted by Gasteiger charge is -2.26. The molecule has 1 N–H and O–H groups in total. The number of aryl methyl sites for hydroxylation is 1. The van der Waals surface area contributed by atoms with E-state index in [1.807, 2.05) is 0 Å². The Bertz CT molecular complexity index is 381. The molecule has 0 spiro atoms. The van der Waals surface area contributed by atoms with Crippen LogP contribution in [0.2, 0.25) is 0 Å². The molecule has 0 amide bonds. The normalized spacial score (nSPS) is 18.4. The molecule has 1 aromatic carbocycles. The summed E-state index contributed by atoms with van der Waals surface area (Å²) in [4.78, 5) is 0. The summed E-state index contributed by atoms with van der Waals surface area (Å²) in [6.45, 7) is 11.5. The van der Waals surface area contributed by atoms with E-state index < -0.39 is 0 Å².